The Bertz CT molecular complexity index is 384. The van der Waals surface area contributed by atoms with Crippen molar-refractivity contribution in [3.8, 4) is 0 Å². The first-order chi connectivity index (χ1) is 8.45. The first kappa shape index (κ1) is 14.9. The summed E-state index contributed by atoms with van der Waals surface area (Å²) in [5.74, 6) is 0.569. The second-order valence-electron chi connectivity index (χ2n) is 5.15. The van der Waals surface area contributed by atoms with Gasteiger partial charge in [0.25, 0.3) is 0 Å². The van der Waals surface area contributed by atoms with Crippen LogP contribution in [0.3, 0.4) is 0 Å². The Balaban J connectivity index is 2.67. The molecule has 0 bridgehead atoms. The van der Waals surface area contributed by atoms with Crippen LogP contribution in [-0.4, -0.2) is 42.0 Å². The SMILES string of the molecule is CC(C)c1ccc(C(=O)CN(C)C(C)CO)cc1. The van der Waals surface area contributed by atoms with Crippen molar-refractivity contribution in [3.05, 3.63) is 35.4 Å². The van der Waals surface area contributed by atoms with Gasteiger partial charge in [0.2, 0.25) is 0 Å². The zero-order chi connectivity index (χ0) is 13.7. The van der Waals surface area contributed by atoms with Crippen molar-refractivity contribution in [1.29, 1.82) is 0 Å². The van der Waals surface area contributed by atoms with Crippen LogP contribution in [0, 0.1) is 0 Å². The minimum absolute atomic E-state index is 0.00360. The Hall–Kier alpha value is -1.19. The van der Waals surface area contributed by atoms with E-state index < -0.39 is 0 Å². The molecule has 1 aromatic carbocycles. The van der Waals surface area contributed by atoms with E-state index in [2.05, 4.69) is 13.8 Å². The predicted octanol–water partition coefficient (Wildman–Crippen LogP) is 2.31. The van der Waals surface area contributed by atoms with Gasteiger partial charge in [0.05, 0.1) is 13.2 Å². The van der Waals surface area contributed by atoms with Gasteiger partial charge in [0.1, 0.15) is 0 Å². The third kappa shape index (κ3) is 3.93. The van der Waals surface area contributed by atoms with Crippen LogP contribution in [0.2, 0.25) is 0 Å². The summed E-state index contributed by atoms with van der Waals surface area (Å²) in [5, 5.41) is 9.03. The molecular weight excluding hydrogens is 226 g/mol. The number of likely N-dealkylation sites (N-methyl/N-ethyl adjacent to an activating group) is 1. The first-order valence-electron chi connectivity index (χ1n) is 6.40. The van der Waals surface area contributed by atoms with Gasteiger partial charge in [-0.2, -0.15) is 0 Å². The molecule has 1 aromatic rings. The largest absolute Gasteiger partial charge is 0.395 e. The summed E-state index contributed by atoms with van der Waals surface area (Å²) >= 11 is 0. The van der Waals surface area contributed by atoms with E-state index in [9.17, 15) is 4.79 Å². The van der Waals surface area contributed by atoms with Crippen molar-refractivity contribution in [2.45, 2.75) is 32.7 Å². The monoisotopic (exact) mass is 249 g/mol. The highest BCUT2D eigenvalue weighted by Gasteiger charge is 2.13. The van der Waals surface area contributed by atoms with Crippen LogP contribution in [0.25, 0.3) is 0 Å². The van der Waals surface area contributed by atoms with Gasteiger partial charge in [0.15, 0.2) is 5.78 Å². The Morgan fingerprint density at radius 1 is 1.22 bits per heavy atom. The molecule has 18 heavy (non-hydrogen) atoms. The second-order valence-corrected chi connectivity index (χ2v) is 5.15. The maximum absolute atomic E-state index is 12.0. The Morgan fingerprint density at radius 2 is 1.78 bits per heavy atom. The van der Waals surface area contributed by atoms with Crippen LogP contribution in [0.15, 0.2) is 24.3 Å². The van der Waals surface area contributed by atoms with Gasteiger partial charge in [0, 0.05) is 11.6 Å². The van der Waals surface area contributed by atoms with Gasteiger partial charge >= 0.3 is 0 Å². The van der Waals surface area contributed by atoms with E-state index in [1.807, 2.05) is 43.1 Å². The van der Waals surface area contributed by atoms with Gasteiger partial charge in [-0.25, -0.2) is 0 Å². The van der Waals surface area contributed by atoms with Crippen molar-refractivity contribution in [2.24, 2.45) is 0 Å². The first-order valence-corrected chi connectivity index (χ1v) is 6.40. The number of aliphatic hydroxyl groups excluding tert-OH is 1. The van der Waals surface area contributed by atoms with E-state index in [0.29, 0.717) is 12.5 Å². The van der Waals surface area contributed by atoms with E-state index >= 15 is 0 Å². The van der Waals surface area contributed by atoms with Crippen LogP contribution in [0.1, 0.15) is 42.6 Å². The smallest absolute Gasteiger partial charge is 0.176 e. The number of hydrogen-bond acceptors (Lipinski definition) is 3. The predicted molar refractivity (Wildman–Crippen MR) is 74.0 cm³/mol. The Kier molecular flexibility index (Phi) is 5.51. The lowest BCUT2D eigenvalue weighted by molar-refractivity contribution is 0.0890. The molecule has 0 radical (unpaired) electrons. The molecule has 0 aliphatic heterocycles. The summed E-state index contributed by atoms with van der Waals surface area (Å²) < 4.78 is 0. The number of carbonyl (C=O) groups is 1. The molecule has 1 rings (SSSR count). The lowest BCUT2D eigenvalue weighted by Crippen LogP contribution is -2.36. The molecule has 1 unspecified atom stereocenters. The number of Topliss-reactive ketones (excluding diaryl/α,β-unsaturated/α-hetero) is 1. The lowest BCUT2D eigenvalue weighted by atomic mass is 10.0. The third-order valence-electron chi connectivity index (χ3n) is 3.31. The minimum atomic E-state index is 0.00360. The molecule has 1 atom stereocenters. The maximum atomic E-state index is 12.0. The van der Waals surface area contributed by atoms with Crippen molar-refractivity contribution in [2.75, 3.05) is 20.2 Å². The van der Waals surface area contributed by atoms with E-state index in [0.717, 1.165) is 5.56 Å². The number of aliphatic hydroxyl groups is 1. The molecule has 0 heterocycles. The van der Waals surface area contributed by atoms with Crippen molar-refractivity contribution < 1.29 is 9.90 Å². The molecule has 0 aromatic heterocycles. The molecule has 0 fully saturated rings. The second kappa shape index (κ2) is 6.66. The zero-order valence-electron chi connectivity index (χ0n) is 11.7. The third-order valence-corrected chi connectivity index (χ3v) is 3.31. The summed E-state index contributed by atoms with van der Waals surface area (Å²) in [5.41, 5.74) is 1.97. The van der Waals surface area contributed by atoms with Crippen LogP contribution < -0.4 is 0 Å². The summed E-state index contributed by atoms with van der Waals surface area (Å²) in [4.78, 5) is 13.9. The summed E-state index contributed by atoms with van der Waals surface area (Å²) in [6.45, 7) is 6.56. The molecule has 0 amide bonds. The van der Waals surface area contributed by atoms with E-state index in [-0.39, 0.29) is 18.4 Å². The number of carbonyl (C=O) groups excluding carboxylic acids is 1. The summed E-state index contributed by atoms with van der Waals surface area (Å²) in [7, 11) is 1.85. The molecule has 0 saturated heterocycles. The molecular formula is C15H23NO2. The van der Waals surface area contributed by atoms with Gasteiger partial charge in [-0.1, -0.05) is 38.1 Å². The van der Waals surface area contributed by atoms with Crippen LogP contribution >= 0.6 is 0 Å². The van der Waals surface area contributed by atoms with E-state index in [1.165, 1.54) is 5.56 Å². The topological polar surface area (TPSA) is 40.5 Å². The molecule has 1 N–H and O–H groups in total. The fraction of sp³-hybridized carbons (Fsp3) is 0.533. The number of nitrogens with zero attached hydrogens (tertiary/aromatic N) is 1. The standard InChI is InChI=1S/C15H23NO2/c1-11(2)13-5-7-14(8-6-13)15(18)9-16(4)12(3)10-17/h5-8,11-12,17H,9-10H2,1-4H3. The summed E-state index contributed by atoms with van der Waals surface area (Å²) in [6.07, 6.45) is 0. The number of hydrogen-bond donors (Lipinski definition) is 1. The molecule has 3 heteroatoms. The average Bonchev–Trinajstić information content (AvgIpc) is 2.37. The molecule has 0 aliphatic carbocycles. The fourth-order valence-electron chi connectivity index (χ4n) is 1.67. The van der Waals surface area contributed by atoms with Crippen LogP contribution in [-0.2, 0) is 0 Å². The Morgan fingerprint density at radius 3 is 2.22 bits per heavy atom. The van der Waals surface area contributed by atoms with E-state index in [4.69, 9.17) is 5.11 Å². The molecule has 0 aliphatic rings. The van der Waals surface area contributed by atoms with Gasteiger partial charge < -0.3 is 5.11 Å². The van der Waals surface area contributed by atoms with Gasteiger partial charge in [-0.15, -0.1) is 0 Å². The van der Waals surface area contributed by atoms with Crippen LogP contribution in [0.5, 0.6) is 0 Å². The molecule has 100 valence electrons. The molecule has 3 nitrogen and oxygen atoms in total. The van der Waals surface area contributed by atoms with Crippen molar-refractivity contribution >= 4 is 5.78 Å². The highest BCUT2D eigenvalue weighted by molar-refractivity contribution is 5.97. The van der Waals surface area contributed by atoms with Crippen molar-refractivity contribution in [3.63, 3.8) is 0 Å². The number of benzene rings is 1. The lowest BCUT2D eigenvalue weighted by Gasteiger charge is -2.21. The normalized spacial score (nSPS) is 13.1. The summed E-state index contributed by atoms with van der Waals surface area (Å²) in [6, 6.07) is 7.79. The number of rotatable bonds is 6. The highest BCUT2D eigenvalue weighted by atomic mass is 16.3. The maximum Gasteiger partial charge on any atom is 0.176 e. The molecule has 0 saturated carbocycles. The van der Waals surface area contributed by atoms with Crippen LogP contribution in [0.4, 0.5) is 0 Å². The van der Waals surface area contributed by atoms with Gasteiger partial charge in [-0.3, -0.25) is 9.69 Å². The van der Waals surface area contributed by atoms with Crippen molar-refractivity contribution in [1.82, 2.24) is 4.90 Å². The average molecular weight is 249 g/mol. The molecule has 0 spiro atoms. The fourth-order valence-corrected chi connectivity index (χ4v) is 1.67. The Labute approximate surface area is 109 Å². The number of ketones is 1. The zero-order valence-corrected chi connectivity index (χ0v) is 11.7. The van der Waals surface area contributed by atoms with Gasteiger partial charge in [-0.05, 0) is 25.5 Å². The quantitative estimate of drug-likeness (QED) is 0.786. The van der Waals surface area contributed by atoms with E-state index in [1.54, 1.807) is 0 Å². The highest BCUT2D eigenvalue weighted by Crippen LogP contribution is 2.15. The minimum Gasteiger partial charge on any atom is -0.395 e.